The summed E-state index contributed by atoms with van der Waals surface area (Å²) in [7, 11) is 0. The number of piperidine rings is 1. The van der Waals surface area contributed by atoms with Gasteiger partial charge in [0.15, 0.2) is 0 Å². The summed E-state index contributed by atoms with van der Waals surface area (Å²) >= 11 is 0. The largest absolute Gasteiger partial charge is 0.377 e. The number of nitrogens with one attached hydrogen (secondary N) is 1. The maximum absolute atomic E-state index is 12.9. The Morgan fingerprint density at radius 1 is 1.25 bits per heavy atom. The molecule has 114 valence electrons. The fourth-order valence-electron chi connectivity index (χ4n) is 3.67. The lowest BCUT2D eigenvalue weighted by molar-refractivity contribution is -0.138. The first kappa shape index (κ1) is 14.3. The molecule has 0 radical (unpaired) electrons. The second kappa shape index (κ2) is 6.44. The van der Waals surface area contributed by atoms with Crippen molar-refractivity contribution in [2.45, 2.75) is 70.1 Å². The van der Waals surface area contributed by atoms with Gasteiger partial charge in [-0.25, -0.2) is 0 Å². The van der Waals surface area contributed by atoms with Gasteiger partial charge in [-0.2, -0.15) is 0 Å². The highest BCUT2D eigenvalue weighted by molar-refractivity contribution is 5.80. The van der Waals surface area contributed by atoms with Crippen LogP contribution in [-0.2, 0) is 9.53 Å². The van der Waals surface area contributed by atoms with Crippen LogP contribution in [0.4, 0.5) is 0 Å². The third kappa shape index (κ3) is 3.17. The SMILES string of the molecule is CCC1OCCC1C(=O)N(CC1CCCCN1)C1CC1. The molecule has 3 aliphatic rings. The number of rotatable bonds is 5. The fraction of sp³-hybridized carbons (Fsp3) is 0.938. The minimum atomic E-state index is 0.115. The van der Waals surface area contributed by atoms with E-state index in [0.29, 0.717) is 18.0 Å². The average molecular weight is 280 g/mol. The summed E-state index contributed by atoms with van der Waals surface area (Å²) in [5.41, 5.74) is 0. The molecule has 1 N–H and O–H groups in total. The van der Waals surface area contributed by atoms with Gasteiger partial charge in [0.25, 0.3) is 0 Å². The lowest BCUT2D eigenvalue weighted by atomic mass is 9.97. The van der Waals surface area contributed by atoms with E-state index >= 15 is 0 Å². The first-order valence-corrected chi connectivity index (χ1v) is 8.45. The molecule has 20 heavy (non-hydrogen) atoms. The summed E-state index contributed by atoms with van der Waals surface area (Å²) in [5.74, 6) is 0.480. The number of ether oxygens (including phenoxy) is 1. The quantitative estimate of drug-likeness (QED) is 0.837. The van der Waals surface area contributed by atoms with Crippen molar-refractivity contribution in [2.75, 3.05) is 19.7 Å². The average Bonchev–Trinajstić information content (AvgIpc) is 3.21. The van der Waals surface area contributed by atoms with E-state index in [2.05, 4.69) is 17.1 Å². The van der Waals surface area contributed by atoms with Crippen LogP contribution in [0.3, 0.4) is 0 Å². The van der Waals surface area contributed by atoms with Crippen molar-refractivity contribution in [3.8, 4) is 0 Å². The molecule has 3 atom stereocenters. The zero-order valence-electron chi connectivity index (χ0n) is 12.6. The van der Waals surface area contributed by atoms with Gasteiger partial charge in [0.05, 0.1) is 12.0 Å². The van der Waals surface area contributed by atoms with E-state index in [1.54, 1.807) is 0 Å². The van der Waals surface area contributed by atoms with Crippen LogP contribution in [0.2, 0.25) is 0 Å². The Hall–Kier alpha value is -0.610. The molecule has 4 heteroatoms. The third-order valence-electron chi connectivity index (χ3n) is 5.03. The Morgan fingerprint density at radius 2 is 2.10 bits per heavy atom. The predicted molar refractivity (Wildman–Crippen MR) is 78.5 cm³/mol. The van der Waals surface area contributed by atoms with Gasteiger partial charge in [0.2, 0.25) is 5.91 Å². The van der Waals surface area contributed by atoms with Crippen LogP contribution < -0.4 is 5.32 Å². The highest BCUT2D eigenvalue weighted by atomic mass is 16.5. The van der Waals surface area contributed by atoms with Gasteiger partial charge in [-0.3, -0.25) is 4.79 Å². The fourth-order valence-corrected chi connectivity index (χ4v) is 3.67. The zero-order valence-corrected chi connectivity index (χ0v) is 12.6. The van der Waals surface area contributed by atoms with Gasteiger partial charge >= 0.3 is 0 Å². The van der Waals surface area contributed by atoms with Crippen LogP contribution in [0.1, 0.15) is 51.9 Å². The molecule has 0 aromatic heterocycles. The van der Waals surface area contributed by atoms with E-state index in [1.807, 2.05) is 0 Å². The number of hydrogen-bond acceptors (Lipinski definition) is 3. The Labute approximate surface area is 122 Å². The minimum absolute atomic E-state index is 0.115. The first-order chi connectivity index (χ1) is 9.79. The van der Waals surface area contributed by atoms with Crippen molar-refractivity contribution < 1.29 is 9.53 Å². The molecule has 4 nitrogen and oxygen atoms in total. The van der Waals surface area contributed by atoms with Crippen molar-refractivity contribution in [1.82, 2.24) is 10.2 Å². The van der Waals surface area contributed by atoms with Crippen molar-refractivity contribution >= 4 is 5.91 Å². The molecule has 1 saturated carbocycles. The molecule has 3 rings (SSSR count). The van der Waals surface area contributed by atoms with Gasteiger partial charge in [-0.05, 0) is 45.1 Å². The molecule has 3 unspecified atom stereocenters. The molecule has 0 spiro atoms. The maximum atomic E-state index is 12.9. The molecule has 0 aromatic carbocycles. The van der Waals surface area contributed by atoms with E-state index in [0.717, 1.165) is 32.5 Å². The molecule has 2 heterocycles. The van der Waals surface area contributed by atoms with Gasteiger partial charge < -0.3 is 15.0 Å². The molecule has 0 bridgehead atoms. The summed E-state index contributed by atoms with van der Waals surface area (Å²) in [5, 5.41) is 3.58. The number of hydrogen-bond donors (Lipinski definition) is 1. The minimum Gasteiger partial charge on any atom is -0.377 e. The lowest BCUT2D eigenvalue weighted by Gasteiger charge is -2.33. The summed E-state index contributed by atoms with van der Waals surface area (Å²) < 4.78 is 5.71. The molecular formula is C16H28N2O2. The Kier molecular flexibility index (Phi) is 4.61. The molecule has 3 fully saturated rings. The van der Waals surface area contributed by atoms with Crippen LogP contribution in [0.15, 0.2) is 0 Å². The summed E-state index contributed by atoms with van der Waals surface area (Å²) in [6.45, 7) is 4.91. The number of carbonyl (C=O) groups excluding carboxylic acids is 1. The molecule has 2 saturated heterocycles. The number of carbonyl (C=O) groups is 1. The van der Waals surface area contributed by atoms with Crippen molar-refractivity contribution in [3.63, 3.8) is 0 Å². The van der Waals surface area contributed by atoms with Crippen molar-refractivity contribution in [1.29, 1.82) is 0 Å². The van der Waals surface area contributed by atoms with Gasteiger partial charge in [0.1, 0.15) is 0 Å². The molecular weight excluding hydrogens is 252 g/mol. The Balaban J connectivity index is 1.62. The number of nitrogens with zero attached hydrogens (tertiary/aromatic N) is 1. The van der Waals surface area contributed by atoms with E-state index in [9.17, 15) is 4.79 Å². The van der Waals surface area contributed by atoms with Crippen LogP contribution >= 0.6 is 0 Å². The van der Waals surface area contributed by atoms with Crippen molar-refractivity contribution in [2.24, 2.45) is 5.92 Å². The number of amides is 1. The monoisotopic (exact) mass is 280 g/mol. The third-order valence-corrected chi connectivity index (χ3v) is 5.03. The zero-order chi connectivity index (χ0) is 13.9. The Bertz CT molecular complexity index is 337. The predicted octanol–water partition coefficient (Wildman–Crippen LogP) is 1.93. The van der Waals surface area contributed by atoms with E-state index in [1.165, 1.54) is 32.1 Å². The van der Waals surface area contributed by atoms with E-state index < -0.39 is 0 Å². The van der Waals surface area contributed by atoms with Crippen LogP contribution in [0, 0.1) is 5.92 Å². The lowest BCUT2D eigenvalue weighted by Crippen LogP contribution is -2.49. The van der Waals surface area contributed by atoms with E-state index in [4.69, 9.17) is 4.74 Å². The summed E-state index contributed by atoms with van der Waals surface area (Å²) in [4.78, 5) is 15.1. The maximum Gasteiger partial charge on any atom is 0.228 e. The van der Waals surface area contributed by atoms with Crippen LogP contribution in [-0.4, -0.2) is 48.7 Å². The topological polar surface area (TPSA) is 41.6 Å². The van der Waals surface area contributed by atoms with E-state index in [-0.39, 0.29) is 12.0 Å². The Morgan fingerprint density at radius 3 is 2.75 bits per heavy atom. The van der Waals surface area contributed by atoms with Gasteiger partial charge in [-0.15, -0.1) is 0 Å². The molecule has 1 amide bonds. The first-order valence-electron chi connectivity index (χ1n) is 8.45. The smallest absolute Gasteiger partial charge is 0.228 e. The highest BCUT2D eigenvalue weighted by Gasteiger charge is 2.41. The van der Waals surface area contributed by atoms with Crippen LogP contribution in [0.5, 0.6) is 0 Å². The van der Waals surface area contributed by atoms with Gasteiger partial charge in [0, 0.05) is 25.2 Å². The normalized spacial score (nSPS) is 34.1. The second-order valence-corrected chi connectivity index (χ2v) is 6.58. The molecule has 0 aromatic rings. The van der Waals surface area contributed by atoms with Crippen LogP contribution in [0.25, 0.3) is 0 Å². The highest BCUT2D eigenvalue weighted by Crippen LogP contribution is 2.33. The molecule has 1 aliphatic carbocycles. The second-order valence-electron chi connectivity index (χ2n) is 6.58. The summed E-state index contributed by atoms with van der Waals surface area (Å²) in [6.07, 6.45) is 8.22. The molecule has 2 aliphatic heterocycles. The van der Waals surface area contributed by atoms with Crippen molar-refractivity contribution in [3.05, 3.63) is 0 Å². The van der Waals surface area contributed by atoms with Gasteiger partial charge in [-0.1, -0.05) is 13.3 Å². The standard InChI is InChI=1S/C16H28N2O2/c1-2-15-14(8-10-20-15)16(19)18(13-6-7-13)11-12-5-3-4-9-17-12/h12-15,17H,2-11H2,1H3. The summed E-state index contributed by atoms with van der Waals surface area (Å²) in [6, 6.07) is 1.03.